The van der Waals surface area contributed by atoms with Crippen LogP contribution < -0.4 is 5.32 Å². The molecule has 0 saturated carbocycles. The number of amides is 1. The van der Waals surface area contributed by atoms with E-state index in [1.54, 1.807) is 7.05 Å². The fourth-order valence-electron chi connectivity index (χ4n) is 2.70. The van der Waals surface area contributed by atoms with Crippen LogP contribution in [0.1, 0.15) is 17.5 Å². The molecule has 1 aliphatic heterocycles. The summed E-state index contributed by atoms with van der Waals surface area (Å²) in [5, 5.41) is 2.86. The third kappa shape index (κ3) is 5.96. The highest BCUT2D eigenvalue weighted by Gasteiger charge is 2.30. The van der Waals surface area contributed by atoms with Crippen LogP contribution in [0.25, 0.3) is 0 Å². The molecular formula is C16H23ClF3N3O. The number of alkyl halides is 3. The van der Waals surface area contributed by atoms with Crippen LogP contribution >= 0.6 is 12.4 Å². The van der Waals surface area contributed by atoms with Crippen molar-refractivity contribution in [1.29, 1.82) is 0 Å². The minimum Gasteiger partial charge on any atom is -0.340 e. The van der Waals surface area contributed by atoms with E-state index in [0.717, 1.165) is 43.8 Å². The summed E-state index contributed by atoms with van der Waals surface area (Å²) in [6.45, 7) is 3.89. The van der Waals surface area contributed by atoms with Crippen LogP contribution in [0, 0.1) is 0 Å². The quantitative estimate of drug-likeness (QED) is 0.890. The molecule has 0 aromatic heterocycles. The Labute approximate surface area is 146 Å². The van der Waals surface area contributed by atoms with E-state index in [1.165, 1.54) is 12.1 Å². The van der Waals surface area contributed by atoms with Crippen LogP contribution in [0.2, 0.25) is 0 Å². The van der Waals surface area contributed by atoms with Gasteiger partial charge in [0.15, 0.2) is 0 Å². The van der Waals surface area contributed by atoms with Crippen molar-refractivity contribution in [2.24, 2.45) is 0 Å². The summed E-state index contributed by atoms with van der Waals surface area (Å²) in [6.07, 6.45) is -3.43. The van der Waals surface area contributed by atoms with Gasteiger partial charge in [0.25, 0.3) is 0 Å². The Kier molecular flexibility index (Phi) is 7.99. The smallest absolute Gasteiger partial charge is 0.340 e. The van der Waals surface area contributed by atoms with Crippen molar-refractivity contribution in [2.75, 3.05) is 39.8 Å². The molecule has 24 heavy (non-hydrogen) atoms. The molecule has 0 spiro atoms. The number of benzene rings is 1. The van der Waals surface area contributed by atoms with Crippen LogP contribution in [-0.4, -0.2) is 55.5 Å². The molecule has 1 N–H and O–H groups in total. The van der Waals surface area contributed by atoms with Gasteiger partial charge in [-0.15, -0.1) is 12.4 Å². The molecule has 1 saturated heterocycles. The summed E-state index contributed by atoms with van der Waals surface area (Å²) in [4.78, 5) is 15.9. The van der Waals surface area contributed by atoms with Gasteiger partial charge in [-0.05, 0) is 31.2 Å². The number of carbonyl (C=O) groups excluding carboxylic acids is 1. The maximum atomic E-state index is 12.6. The Hall–Kier alpha value is -1.31. The fraction of sp³-hybridized carbons (Fsp3) is 0.562. The minimum absolute atomic E-state index is 0. The molecule has 1 aliphatic rings. The molecule has 1 amide bonds. The first-order valence-electron chi connectivity index (χ1n) is 7.71. The molecule has 4 nitrogen and oxygen atoms in total. The van der Waals surface area contributed by atoms with Crippen LogP contribution in [0.3, 0.4) is 0 Å². The summed E-state index contributed by atoms with van der Waals surface area (Å²) < 4.78 is 37.7. The van der Waals surface area contributed by atoms with Crippen molar-refractivity contribution in [3.8, 4) is 0 Å². The Morgan fingerprint density at radius 1 is 1.12 bits per heavy atom. The van der Waals surface area contributed by atoms with E-state index in [4.69, 9.17) is 0 Å². The number of carbonyl (C=O) groups is 1. The molecule has 8 heteroatoms. The summed E-state index contributed by atoms with van der Waals surface area (Å²) in [7, 11) is 1.74. The van der Waals surface area contributed by atoms with Gasteiger partial charge in [0.2, 0.25) is 5.91 Å². The van der Waals surface area contributed by atoms with Crippen LogP contribution in [0.5, 0.6) is 0 Å². The van der Waals surface area contributed by atoms with E-state index in [0.29, 0.717) is 19.6 Å². The van der Waals surface area contributed by atoms with E-state index >= 15 is 0 Å². The summed E-state index contributed by atoms with van der Waals surface area (Å²) in [5.74, 6) is 0.0869. The number of hydrogen-bond acceptors (Lipinski definition) is 3. The SMILES string of the molecule is CNCC(=O)N1CCCN(Cc2ccc(C(F)(F)F)cc2)CC1.Cl. The molecule has 2 rings (SSSR count). The zero-order valence-corrected chi connectivity index (χ0v) is 14.4. The lowest BCUT2D eigenvalue weighted by Crippen LogP contribution is -2.39. The van der Waals surface area contributed by atoms with Crippen molar-refractivity contribution < 1.29 is 18.0 Å². The second-order valence-corrected chi connectivity index (χ2v) is 5.74. The van der Waals surface area contributed by atoms with Gasteiger partial charge < -0.3 is 10.2 Å². The number of nitrogens with one attached hydrogen (secondary N) is 1. The van der Waals surface area contributed by atoms with Gasteiger partial charge in [0.1, 0.15) is 0 Å². The molecular weight excluding hydrogens is 343 g/mol. The van der Waals surface area contributed by atoms with E-state index in [-0.39, 0.29) is 18.3 Å². The predicted octanol–water partition coefficient (Wildman–Crippen LogP) is 2.38. The number of halogens is 4. The number of rotatable bonds is 4. The van der Waals surface area contributed by atoms with Crippen molar-refractivity contribution >= 4 is 18.3 Å². The predicted molar refractivity (Wildman–Crippen MR) is 89.1 cm³/mol. The van der Waals surface area contributed by atoms with Crippen molar-refractivity contribution in [1.82, 2.24) is 15.1 Å². The van der Waals surface area contributed by atoms with Gasteiger partial charge in [-0.1, -0.05) is 12.1 Å². The molecule has 0 unspecified atom stereocenters. The minimum atomic E-state index is -4.30. The Morgan fingerprint density at radius 2 is 1.79 bits per heavy atom. The summed E-state index contributed by atoms with van der Waals surface area (Å²) in [6, 6.07) is 5.29. The first-order chi connectivity index (χ1) is 10.9. The zero-order valence-electron chi connectivity index (χ0n) is 13.6. The van der Waals surface area contributed by atoms with Gasteiger partial charge in [-0.25, -0.2) is 0 Å². The monoisotopic (exact) mass is 365 g/mol. The Bertz CT molecular complexity index is 522. The van der Waals surface area contributed by atoms with Crippen LogP contribution in [-0.2, 0) is 17.5 Å². The Morgan fingerprint density at radius 3 is 2.38 bits per heavy atom. The lowest BCUT2D eigenvalue weighted by molar-refractivity contribution is -0.137. The molecule has 0 atom stereocenters. The van der Waals surface area contributed by atoms with Crippen molar-refractivity contribution in [3.05, 3.63) is 35.4 Å². The average Bonchev–Trinajstić information content (AvgIpc) is 2.73. The third-order valence-corrected chi connectivity index (χ3v) is 3.96. The first kappa shape index (κ1) is 20.7. The van der Waals surface area contributed by atoms with Crippen molar-refractivity contribution in [3.63, 3.8) is 0 Å². The second kappa shape index (κ2) is 9.25. The standard InChI is InChI=1S/C16H22F3N3O.ClH/c1-20-11-15(23)22-8-2-7-21(9-10-22)12-13-3-5-14(6-4-13)16(17,18)19;/h3-6,20H,2,7-12H2,1H3;1H. The zero-order chi connectivity index (χ0) is 16.9. The molecule has 0 radical (unpaired) electrons. The lowest BCUT2D eigenvalue weighted by atomic mass is 10.1. The normalized spacial score (nSPS) is 16.4. The van der Waals surface area contributed by atoms with Gasteiger partial charge in [0.05, 0.1) is 12.1 Å². The van der Waals surface area contributed by atoms with E-state index < -0.39 is 11.7 Å². The number of likely N-dealkylation sites (N-methyl/N-ethyl adjacent to an activating group) is 1. The fourth-order valence-corrected chi connectivity index (χ4v) is 2.70. The molecule has 0 aliphatic carbocycles. The van der Waals surface area contributed by atoms with Gasteiger partial charge in [-0.3, -0.25) is 9.69 Å². The maximum absolute atomic E-state index is 12.6. The van der Waals surface area contributed by atoms with Gasteiger partial charge in [-0.2, -0.15) is 13.2 Å². The second-order valence-electron chi connectivity index (χ2n) is 5.74. The molecule has 1 heterocycles. The maximum Gasteiger partial charge on any atom is 0.416 e. The molecule has 1 fully saturated rings. The molecule has 1 aromatic rings. The highest BCUT2D eigenvalue weighted by atomic mass is 35.5. The lowest BCUT2D eigenvalue weighted by Gasteiger charge is -2.22. The topological polar surface area (TPSA) is 35.6 Å². The first-order valence-corrected chi connectivity index (χ1v) is 7.71. The van der Waals surface area contributed by atoms with E-state index in [1.807, 2.05) is 4.90 Å². The molecule has 136 valence electrons. The summed E-state index contributed by atoms with van der Waals surface area (Å²) >= 11 is 0. The number of hydrogen-bond donors (Lipinski definition) is 1. The van der Waals surface area contributed by atoms with Gasteiger partial charge >= 0.3 is 6.18 Å². The molecule has 0 bridgehead atoms. The van der Waals surface area contributed by atoms with E-state index in [2.05, 4.69) is 10.2 Å². The van der Waals surface area contributed by atoms with Crippen molar-refractivity contribution in [2.45, 2.75) is 19.1 Å². The largest absolute Gasteiger partial charge is 0.416 e. The highest BCUT2D eigenvalue weighted by molar-refractivity contribution is 5.85. The third-order valence-electron chi connectivity index (χ3n) is 3.96. The molecule has 1 aromatic carbocycles. The Balaban J connectivity index is 0.00000288. The number of nitrogens with zero attached hydrogens (tertiary/aromatic N) is 2. The highest BCUT2D eigenvalue weighted by Crippen LogP contribution is 2.29. The van der Waals surface area contributed by atoms with Gasteiger partial charge in [0, 0.05) is 32.7 Å². The van der Waals surface area contributed by atoms with Crippen LogP contribution in [0.15, 0.2) is 24.3 Å². The van der Waals surface area contributed by atoms with E-state index in [9.17, 15) is 18.0 Å². The summed E-state index contributed by atoms with van der Waals surface area (Å²) in [5.41, 5.74) is 0.231. The van der Waals surface area contributed by atoms with Crippen LogP contribution in [0.4, 0.5) is 13.2 Å². The average molecular weight is 366 g/mol.